The lowest BCUT2D eigenvalue weighted by Crippen LogP contribution is -2.39. The van der Waals surface area contributed by atoms with E-state index in [-0.39, 0.29) is 5.91 Å². The fourth-order valence-corrected chi connectivity index (χ4v) is 3.04. The van der Waals surface area contributed by atoms with Gasteiger partial charge in [0, 0.05) is 11.8 Å². The second kappa shape index (κ2) is 8.53. The zero-order valence-electron chi connectivity index (χ0n) is 14.5. The molecule has 0 saturated heterocycles. The molecule has 0 bridgehead atoms. The van der Waals surface area contributed by atoms with Crippen molar-refractivity contribution in [3.05, 3.63) is 60.2 Å². The summed E-state index contributed by atoms with van der Waals surface area (Å²) in [6, 6.07) is 17.0. The highest BCUT2D eigenvalue weighted by Gasteiger charge is 2.19. The molecule has 134 valence electrons. The Hall–Kier alpha value is -2.80. The number of benzene rings is 2. The van der Waals surface area contributed by atoms with Crippen LogP contribution in [0.25, 0.3) is 0 Å². The van der Waals surface area contributed by atoms with Gasteiger partial charge in [-0.05, 0) is 24.6 Å². The summed E-state index contributed by atoms with van der Waals surface area (Å²) >= 11 is 1.44. The fourth-order valence-electron chi connectivity index (χ4n) is 2.27. The molecule has 1 atom stereocenters. The number of thioether (sulfide) groups is 1. The molecule has 0 spiro atoms. The summed E-state index contributed by atoms with van der Waals surface area (Å²) in [5.41, 5.74) is 1.91. The maximum Gasteiger partial charge on any atom is 0.266 e. The second-order valence-corrected chi connectivity index (χ2v) is 6.50. The zero-order valence-corrected chi connectivity index (χ0v) is 15.3. The van der Waals surface area contributed by atoms with Crippen LogP contribution in [0.15, 0.2) is 64.8 Å². The number of ether oxygens (including phenoxy) is 2. The summed E-state index contributed by atoms with van der Waals surface area (Å²) < 4.78 is 10.8. The Morgan fingerprint density at radius 2 is 1.88 bits per heavy atom. The summed E-state index contributed by atoms with van der Waals surface area (Å²) in [5, 5.41) is 11.5. The molecule has 1 amide bonds. The molecule has 1 aliphatic rings. The Balaban J connectivity index is 1.59. The Kier molecular flexibility index (Phi) is 5.91. The normalized spacial score (nSPS) is 14.7. The molecule has 26 heavy (non-hydrogen) atoms. The van der Waals surface area contributed by atoms with Gasteiger partial charge in [0.05, 0.1) is 12.8 Å². The van der Waals surface area contributed by atoms with Crippen LogP contribution in [0.4, 0.5) is 0 Å². The molecule has 0 fully saturated rings. The number of nitrogens with zero attached hydrogens (tertiary/aromatic N) is 2. The van der Waals surface area contributed by atoms with Crippen molar-refractivity contribution < 1.29 is 14.3 Å². The van der Waals surface area contributed by atoms with E-state index in [1.165, 1.54) is 11.8 Å². The van der Waals surface area contributed by atoms with Gasteiger partial charge >= 0.3 is 0 Å². The Morgan fingerprint density at radius 1 is 1.12 bits per heavy atom. The van der Waals surface area contributed by atoms with E-state index in [4.69, 9.17) is 9.47 Å². The molecule has 1 unspecified atom stereocenters. The number of carbonyl (C=O) groups excluding carboxylic acids is 1. The average Bonchev–Trinajstić information content (AvgIpc) is 2.69. The molecule has 2 aromatic rings. The van der Waals surface area contributed by atoms with Gasteiger partial charge in [-0.3, -0.25) is 4.79 Å². The van der Waals surface area contributed by atoms with E-state index in [0.717, 1.165) is 11.3 Å². The first-order valence-electron chi connectivity index (χ1n) is 8.10. The van der Waals surface area contributed by atoms with Crippen LogP contribution < -0.4 is 14.8 Å². The molecular formula is C19H19N3O3S. The van der Waals surface area contributed by atoms with Crippen LogP contribution in [-0.4, -0.2) is 35.8 Å². The first kappa shape index (κ1) is 18.0. The average molecular weight is 369 g/mol. The minimum absolute atomic E-state index is 0.280. The lowest BCUT2D eigenvalue weighted by atomic mass is 10.1. The monoisotopic (exact) mass is 369 g/mol. The van der Waals surface area contributed by atoms with Crippen LogP contribution in [0.5, 0.6) is 11.5 Å². The Morgan fingerprint density at radius 3 is 2.58 bits per heavy atom. The third-order valence-corrected chi connectivity index (χ3v) is 4.54. The maximum atomic E-state index is 12.3. The summed E-state index contributed by atoms with van der Waals surface area (Å²) in [6.07, 6.45) is -0.676. The number of amidine groups is 1. The topological polar surface area (TPSA) is 72.3 Å². The van der Waals surface area contributed by atoms with Crippen LogP contribution in [-0.2, 0) is 4.79 Å². The number of carbonyl (C=O) groups is 1. The number of rotatable bonds is 5. The fraction of sp³-hybridized carbons (Fsp3) is 0.211. The molecule has 0 radical (unpaired) electrons. The van der Waals surface area contributed by atoms with Crippen LogP contribution >= 0.6 is 11.8 Å². The van der Waals surface area contributed by atoms with E-state index in [1.807, 2.05) is 36.4 Å². The second-order valence-electron chi connectivity index (χ2n) is 5.53. The van der Waals surface area contributed by atoms with Crippen molar-refractivity contribution in [3.63, 3.8) is 0 Å². The minimum Gasteiger partial charge on any atom is -0.497 e. The highest BCUT2D eigenvalue weighted by atomic mass is 32.2. The number of hydrogen-bond donors (Lipinski definition) is 1. The number of methoxy groups -OCH3 is 1. The van der Waals surface area contributed by atoms with Crippen molar-refractivity contribution in [3.8, 4) is 11.5 Å². The van der Waals surface area contributed by atoms with Gasteiger partial charge in [0.2, 0.25) is 0 Å². The van der Waals surface area contributed by atoms with Crippen molar-refractivity contribution in [1.82, 2.24) is 5.32 Å². The predicted molar refractivity (Wildman–Crippen MR) is 104 cm³/mol. The third kappa shape index (κ3) is 4.64. The zero-order chi connectivity index (χ0) is 18.4. The van der Waals surface area contributed by atoms with Gasteiger partial charge in [0.15, 0.2) is 11.3 Å². The molecule has 1 heterocycles. The minimum atomic E-state index is -0.676. The van der Waals surface area contributed by atoms with Crippen LogP contribution in [0.3, 0.4) is 0 Å². The largest absolute Gasteiger partial charge is 0.497 e. The van der Waals surface area contributed by atoms with Gasteiger partial charge in [0.1, 0.15) is 11.5 Å². The van der Waals surface area contributed by atoms with Crippen molar-refractivity contribution in [1.29, 1.82) is 0 Å². The van der Waals surface area contributed by atoms with Crippen molar-refractivity contribution in [2.24, 2.45) is 10.2 Å². The SMILES string of the molecule is COc1cccc(OC(C)C(=O)NC2=NN=C(c3ccccc3)CS2)c1. The Labute approximate surface area is 156 Å². The first-order valence-corrected chi connectivity index (χ1v) is 9.08. The van der Waals surface area contributed by atoms with Gasteiger partial charge in [-0.15, -0.1) is 5.10 Å². The molecule has 6 nitrogen and oxygen atoms in total. The maximum absolute atomic E-state index is 12.3. The molecule has 1 aliphatic heterocycles. The molecule has 0 aliphatic carbocycles. The molecule has 1 N–H and O–H groups in total. The summed E-state index contributed by atoms with van der Waals surface area (Å²) in [6.45, 7) is 1.68. The lowest BCUT2D eigenvalue weighted by Gasteiger charge is -2.17. The molecule has 7 heteroatoms. The van der Waals surface area contributed by atoms with E-state index in [0.29, 0.717) is 22.4 Å². The molecule has 0 aromatic heterocycles. The van der Waals surface area contributed by atoms with Crippen molar-refractivity contribution in [2.75, 3.05) is 12.9 Å². The van der Waals surface area contributed by atoms with Crippen LogP contribution in [0, 0.1) is 0 Å². The van der Waals surface area contributed by atoms with Gasteiger partial charge in [0.25, 0.3) is 5.91 Å². The summed E-state index contributed by atoms with van der Waals surface area (Å²) in [5.74, 6) is 1.60. The van der Waals surface area contributed by atoms with Crippen molar-refractivity contribution >= 4 is 28.5 Å². The smallest absolute Gasteiger partial charge is 0.266 e. The molecule has 3 rings (SSSR count). The van der Waals surface area contributed by atoms with Gasteiger partial charge < -0.3 is 14.8 Å². The lowest BCUT2D eigenvalue weighted by molar-refractivity contribution is -0.125. The van der Waals surface area contributed by atoms with E-state index < -0.39 is 6.10 Å². The van der Waals surface area contributed by atoms with Crippen LogP contribution in [0.1, 0.15) is 12.5 Å². The standard InChI is InChI=1S/C19H19N3O3S/c1-13(25-16-10-6-9-15(11-16)24-2)18(23)20-19-22-21-17(12-26-19)14-7-4-3-5-8-14/h3-11,13H,12H2,1-2H3,(H,20,22,23). The molecular weight excluding hydrogens is 350 g/mol. The quantitative estimate of drug-likeness (QED) is 0.879. The van der Waals surface area contributed by atoms with E-state index >= 15 is 0 Å². The van der Waals surface area contributed by atoms with Crippen molar-refractivity contribution in [2.45, 2.75) is 13.0 Å². The van der Waals surface area contributed by atoms with Crippen LogP contribution in [0.2, 0.25) is 0 Å². The van der Waals surface area contributed by atoms with E-state index in [2.05, 4.69) is 15.5 Å². The molecule has 2 aromatic carbocycles. The third-order valence-electron chi connectivity index (χ3n) is 3.67. The number of amides is 1. The van der Waals surface area contributed by atoms with Gasteiger partial charge in [-0.2, -0.15) is 5.10 Å². The predicted octanol–water partition coefficient (Wildman–Crippen LogP) is 3.09. The van der Waals surface area contributed by atoms with E-state index in [1.54, 1.807) is 32.2 Å². The first-order chi connectivity index (χ1) is 12.7. The Bertz CT molecular complexity index is 837. The van der Waals surface area contributed by atoms with E-state index in [9.17, 15) is 4.79 Å². The molecule has 0 saturated carbocycles. The van der Waals surface area contributed by atoms with Gasteiger partial charge in [-0.25, -0.2) is 0 Å². The van der Waals surface area contributed by atoms with Gasteiger partial charge in [-0.1, -0.05) is 48.2 Å². The number of hydrogen-bond acceptors (Lipinski definition) is 6. The highest BCUT2D eigenvalue weighted by molar-refractivity contribution is 8.14. The number of nitrogens with one attached hydrogen (secondary N) is 1. The highest BCUT2D eigenvalue weighted by Crippen LogP contribution is 2.20. The summed E-state index contributed by atoms with van der Waals surface area (Å²) in [4.78, 5) is 12.3. The summed E-state index contributed by atoms with van der Waals surface area (Å²) in [7, 11) is 1.58.